The molecule has 0 radical (unpaired) electrons. The Labute approximate surface area is 163 Å². The summed E-state index contributed by atoms with van der Waals surface area (Å²) in [6, 6.07) is 8.15. The van der Waals surface area contributed by atoms with Crippen molar-refractivity contribution in [3.8, 4) is 11.5 Å². The summed E-state index contributed by atoms with van der Waals surface area (Å²) in [7, 11) is 0. The molecule has 2 aromatic carbocycles. The monoisotopic (exact) mass is 368 g/mol. The number of rotatable bonds is 4. The van der Waals surface area contributed by atoms with Gasteiger partial charge < -0.3 is 9.84 Å². The first-order valence-electron chi connectivity index (χ1n) is 9.42. The zero-order valence-corrected chi connectivity index (χ0v) is 17.9. The van der Waals surface area contributed by atoms with E-state index in [0.717, 1.165) is 33.4 Å². The molecule has 27 heavy (non-hydrogen) atoms. The number of ether oxygens (including phenoxy) is 1. The van der Waals surface area contributed by atoms with E-state index in [2.05, 4.69) is 47.6 Å². The van der Waals surface area contributed by atoms with E-state index in [0.29, 0.717) is 24.4 Å². The number of phenolic OH excluding ortho intramolecular Hbond substituents is 1. The lowest BCUT2D eigenvalue weighted by molar-refractivity contribution is -0.120. The first kappa shape index (κ1) is 21.0. The number of phenols is 1. The third kappa shape index (κ3) is 4.71. The van der Waals surface area contributed by atoms with Crippen molar-refractivity contribution in [1.82, 2.24) is 0 Å². The number of benzene rings is 2. The van der Waals surface area contributed by atoms with E-state index < -0.39 is 0 Å². The molecule has 0 saturated heterocycles. The van der Waals surface area contributed by atoms with E-state index in [1.54, 1.807) is 0 Å². The van der Waals surface area contributed by atoms with Crippen molar-refractivity contribution in [2.45, 2.75) is 72.6 Å². The van der Waals surface area contributed by atoms with Gasteiger partial charge in [0.2, 0.25) is 0 Å². The van der Waals surface area contributed by atoms with Gasteiger partial charge in [-0.25, -0.2) is 0 Å². The van der Waals surface area contributed by atoms with Gasteiger partial charge in [-0.2, -0.15) is 0 Å². The second-order valence-corrected chi connectivity index (χ2v) is 9.51. The van der Waals surface area contributed by atoms with Gasteiger partial charge in [0, 0.05) is 12.0 Å². The Morgan fingerprint density at radius 3 is 1.81 bits per heavy atom. The topological polar surface area (TPSA) is 46.5 Å². The van der Waals surface area contributed by atoms with Crippen LogP contribution in [0.15, 0.2) is 24.3 Å². The number of carbonyl (C=O) groups excluding carboxylic acids is 1. The van der Waals surface area contributed by atoms with Crippen LogP contribution < -0.4 is 4.74 Å². The summed E-state index contributed by atoms with van der Waals surface area (Å²) in [4.78, 5) is 11.2. The number of aromatic hydroxyl groups is 1. The van der Waals surface area contributed by atoms with Gasteiger partial charge in [-0.1, -0.05) is 76.9 Å². The van der Waals surface area contributed by atoms with Crippen molar-refractivity contribution in [1.29, 1.82) is 0 Å². The fourth-order valence-electron chi connectivity index (χ4n) is 3.49. The second-order valence-electron chi connectivity index (χ2n) is 9.51. The van der Waals surface area contributed by atoms with Gasteiger partial charge in [-0.05, 0) is 41.4 Å². The highest BCUT2D eigenvalue weighted by Crippen LogP contribution is 2.39. The maximum absolute atomic E-state index is 11.2. The molecule has 0 aliphatic rings. The molecule has 0 aliphatic carbocycles. The molecular weight excluding hydrogens is 336 g/mol. The molecule has 1 N–H and O–H groups in total. The van der Waals surface area contributed by atoms with Gasteiger partial charge in [-0.15, -0.1) is 0 Å². The van der Waals surface area contributed by atoms with Crippen LogP contribution >= 0.6 is 0 Å². The molecule has 2 rings (SSSR count). The predicted octanol–water partition coefficient (Wildman–Crippen LogP) is 5.73. The summed E-state index contributed by atoms with van der Waals surface area (Å²) in [6.07, 6.45) is 0.504. The minimum Gasteiger partial charge on any atom is -0.507 e. The van der Waals surface area contributed by atoms with Crippen LogP contribution in [0.4, 0.5) is 0 Å². The molecule has 0 heterocycles. The standard InChI is InChI=1S/C24H32O3/c1-15-9-17(21(26)19(11-15)23(3,4)5)13-18-10-16(2)12-20(24(6,7)8)22(18)27-14-25/h9-12,14,26H,13H2,1-8H3. The van der Waals surface area contributed by atoms with Crippen LogP contribution in [0.25, 0.3) is 0 Å². The lowest BCUT2D eigenvalue weighted by Crippen LogP contribution is -2.15. The van der Waals surface area contributed by atoms with Crippen molar-refractivity contribution in [3.05, 3.63) is 57.6 Å². The summed E-state index contributed by atoms with van der Waals surface area (Å²) in [5.74, 6) is 0.922. The minimum absolute atomic E-state index is 0.157. The third-order valence-corrected chi connectivity index (χ3v) is 4.81. The molecule has 0 unspecified atom stereocenters. The smallest absolute Gasteiger partial charge is 0.298 e. The largest absolute Gasteiger partial charge is 0.507 e. The van der Waals surface area contributed by atoms with Gasteiger partial charge in [0.1, 0.15) is 11.5 Å². The Kier molecular flexibility index (Phi) is 5.74. The SMILES string of the molecule is Cc1cc(Cc2cc(C)cc(C(C)(C)C)c2OC=O)c(O)c(C(C)(C)C)c1. The van der Waals surface area contributed by atoms with Gasteiger partial charge in [0.15, 0.2) is 0 Å². The maximum Gasteiger partial charge on any atom is 0.298 e. The van der Waals surface area contributed by atoms with E-state index >= 15 is 0 Å². The first-order chi connectivity index (χ1) is 12.3. The molecule has 0 fully saturated rings. The highest BCUT2D eigenvalue weighted by molar-refractivity contribution is 5.57. The average Bonchev–Trinajstić information content (AvgIpc) is 2.50. The number of hydrogen-bond acceptors (Lipinski definition) is 3. The molecule has 0 aromatic heterocycles. The van der Waals surface area contributed by atoms with E-state index in [-0.39, 0.29) is 10.8 Å². The first-order valence-corrected chi connectivity index (χ1v) is 9.42. The van der Waals surface area contributed by atoms with Crippen molar-refractivity contribution in [3.63, 3.8) is 0 Å². The molecule has 0 amide bonds. The van der Waals surface area contributed by atoms with Crippen LogP contribution in [0, 0.1) is 13.8 Å². The van der Waals surface area contributed by atoms with Gasteiger partial charge >= 0.3 is 0 Å². The zero-order valence-electron chi connectivity index (χ0n) is 17.9. The highest BCUT2D eigenvalue weighted by atomic mass is 16.5. The summed E-state index contributed by atoms with van der Waals surface area (Å²) >= 11 is 0. The van der Waals surface area contributed by atoms with Gasteiger partial charge in [-0.3, -0.25) is 4.79 Å². The Bertz CT molecular complexity index is 849. The van der Waals surface area contributed by atoms with Crippen LogP contribution in [0.3, 0.4) is 0 Å². The molecule has 146 valence electrons. The molecule has 0 bridgehead atoms. The van der Waals surface area contributed by atoms with E-state index in [4.69, 9.17) is 4.74 Å². The van der Waals surface area contributed by atoms with Crippen LogP contribution in [-0.2, 0) is 22.0 Å². The quantitative estimate of drug-likeness (QED) is 0.701. The maximum atomic E-state index is 11.2. The summed E-state index contributed by atoms with van der Waals surface area (Å²) in [5.41, 5.74) is 5.58. The summed E-state index contributed by atoms with van der Waals surface area (Å²) < 4.78 is 5.43. The lowest BCUT2D eigenvalue weighted by atomic mass is 9.81. The second kappa shape index (κ2) is 7.38. The van der Waals surface area contributed by atoms with Gasteiger partial charge in [0.05, 0.1) is 0 Å². The summed E-state index contributed by atoms with van der Waals surface area (Å²) in [6.45, 7) is 17.2. The Hall–Kier alpha value is -2.29. The van der Waals surface area contributed by atoms with Gasteiger partial charge in [0.25, 0.3) is 6.47 Å². The Morgan fingerprint density at radius 2 is 1.33 bits per heavy atom. The molecule has 0 spiro atoms. The van der Waals surface area contributed by atoms with Crippen LogP contribution in [0.1, 0.15) is 74.9 Å². The fraction of sp³-hybridized carbons (Fsp3) is 0.458. The van der Waals surface area contributed by atoms with E-state index in [9.17, 15) is 9.90 Å². The number of carbonyl (C=O) groups is 1. The van der Waals surface area contributed by atoms with Crippen molar-refractivity contribution >= 4 is 6.47 Å². The predicted molar refractivity (Wildman–Crippen MR) is 111 cm³/mol. The zero-order chi connectivity index (χ0) is 20.6. The Balaban J connectivity index is 2.66. The van der Waals surface area contributed by atoms with Crippen molar-refractivity contribution in [2.24, 2.45) is 0 Å². The molecule has 3 heteroatoms. The molecule has 0 saturated carbocycles. The summed E-state index contributed by atoms with van der Waals surface area (Å²) in [5, 5.41) is 10.9. The molecule has 0 atom stereocenters. The van der Waals surface area contributed by atoms with Crippen LogP contribution in [0.2, 0.25) is 0 Å². The highest BCUT2D eigenvalue weighted by Gasteiger charge is 2.25. The fourth-order valence-corrected chi connectivity index (χ4v) is 3.49. The van der Waals surface area contributed by atoms with Crippen molar-refractivity contribution in [2.75, 3.05) is 0 Å². The Morgan fingerprint density at radius 1 is 0.852 bits per heavy atom. The normalized spacial score (nSPS) is 12.1. The number of hydrogen-bond donors (Lipinski definition) is 1. The minimum atomic E-state index is -0.162. The van der Waals surface area contributed by atoms with E-state index in [1.807, 2.05) is 32.0 Å². The van der Waals surface area contributed by atoms with Crippen LogP contribution in [0.5, 0.6) is 11.5 Å². The van der Waals surface area contributed by atoms with E-state index in [1.165, 1.54) is 0 Å². The molecule has 0 aliphatic heterocycles. The van der Waals surface area contributed by atoms with Crippen LogP contribution in [-0.4, -0.2) is 11.6 Å². The molecule has 3 nitrogen and oxygen atoms in total. The van der Waals surface area contributed by atoms with Crippen molar-refractivity contribution < 1.29 is 14.6 Å². The number of aryl methyl sites for hydroxylation is 2. The third-order valence-electron chi connectivity index (χ3n) is 4.81. The lowest BCUT2D eigenvalue weighted by Gasteiger charge is -2.25. The average molecular weight is 369 g/mol. The molecular formula is C24H32O3. The molecule has 2 aromatic rings.